The Morgan fingerprint density at radius 3 is 2.74 bits per heavy atom. The molecule has 19 heavy (non-hydrogen) atoms. The van der Waals surface area contributed by atoms with Crippen molar-refractivity contribution in [1.29, 1.82) is 5.26 Å². The van der Waals surface area contributed by atoms with Gasteiger partial charge in [-0.3, -0.25) is 4.79 Å². The Hall–Kier alpha value is -1.73. The van der Waals surface area contributed by atoms with Gasteiger partial charge in [0.2, 0.25) is 0 Å². The highest BCUT2D eigenvalue weighted by Gasteiger charge is 2.18. The zero-order chi connectivity index (χ0) is 14.4. The van der Waals surface area contributed by atoms with Gasteiger partial charge in [0.25, 0.3) is 5.91 Å². The van der Waals surface area contributed by atoms with Gasteiger partial charge in [0.1, 0.15) is 0 Å². The van der Waals surface area contributed by atoms with Crippen LogP contribution in [0.3, 0.4) is 0 Å². The van der Waals surface area contributed by atoms with Crippen molar-refractivity contribution in [3.63, 3.8) is 0 Å². The third-order valence-electron chi connectivity index (χ3n) is 2.61. The summed E-state index contributed by atoms with van der Waals surface area (Å²) in [5, 5.41) is 9.16. The largest absolute Gasteiger partial charge is 0.398 e. The number of carbonyl (C=O) groups excluding carboxylic acids is 1. The average molecular weight is 280 g/mol. The maximum absolute atomic E-state index is 12.4. The second-order valence-electron chi connectivity index (χ2n) is 4.78. The predicted octanol–water partition coefficient (Wildman–Crippen LogP) is 2.93. The highest BCUT2D eigenvalue weighted by atomic mass is 35.5. The van der Waals surface area contributed by atoms with Crippen molar-refractivity contribution < 1.29 is 4.79 Å². The first kappa shape index (κ1) is 15.3. The van der Waals surface area contributed by atoms with E-state index in [0.29, 0.717) is 41.7 Å². The summed E-state index contributed by atoms with van der Waals surface area (Å²) < 4.78 is 0. The van der Waals surface area contributed by atoms with Crippen LogP contribution in [0.4, 0.5) is 5.69 Å². The first-order chi connectivity index (χ1) is 8.95. The number of amides is 1. The molecule has 0 fully saturated rings. The SMILES string of the molecule is CC(C)CN(CCC#N)C(=O)c1ccc(Cl)cc1N. The molecule has 0 aliphatic heterocycles. The second kappa shape index (κ2) is 7.01. The molecule has 1 rings (SSSR count). The third-order valence-corrected chi connectivity index (χ3v) is 2.85. The molecular weight excluding hydrogens is 262 g/mol. The number of nitriles is 1. The summed E-state index contributed by atoms with van der Waals surface area (Å²) in [6, 6.07) is 6.88. The number of anilines is 1. The average Bonchev–Trinajstić information content (AvgIpc) is 2.33. The Balaban J connectivity index is 2.94. The van der Waals surface area contributed by atoms with Crippen LogP contribution in [0.2, 0.25) is 5.02 Å². The maximum Gasteiger partial charge on any atom is 0.255 e. The quantitative estimate of drug-likeness (QED) is 0.843. The van der Waals surface area contributed by atoms with E-state index in [0.717, 1.165) is 0 Å². The molecule has 0 aliphatic rings. The van der Waals surface area contributed by atoms with E-state index in [4.69, 9.17) is 22.6 Å². The topological polar surface area (TPSA) is 70.1 Å². The van der Waals surface area contributed by atoms with E-state index in [1.165, 1.54) is 0 Å². The summed E-state index contributed by atoms with van der Waals surface area (Å²) >= 11 is 5.82. The van der Waals surface area contributed by atoms with E-state index in [2.05, 4.69) is 6.07 Å². The van der Waals surface area contributed by atoms with E-state index in [1.807, 2.05) is 13.8 Å². The molecule has 2 N–H and O–H groups in total. The summed E-state index contributed by atoms with van der Waals surface area (Å²) in [4.78, 5) is 14.1. The fraction of sp³-hybridized carbons (Fsp3) is 0.429. The number of hydrogen-bond donors (Lipinski definition) is 1. The van der Waals surface area contributed by atoms with Gasteiger partial charge in [-0.05, 0) is 24.1 Å². The van der Waals surface area contributed by atoms with E-state index in [9.17, 15) is 4.79 Å². The lowest BCUT2D eigenvalue weighted by Gasteiger charge is -2.24. The zero-order valence-electron chi connectivity index (χ0n) is 11.2. The van der Waals surface area contributed by atoms with Crippen LogP contribution in [-0.2, 0) is 0 Å². The zero-order valence-corrected chi connectivity index (χ0v) is 11.9. The lowest BCUT2D eigenvalue weighted by Crippen LogP contribution is -2.35. The van der Waals surface area contributed by atoms with Crippen molar-refractivity contribution in [3.8, 4) is 6.07 Å². The van der Waals surface area contributed by atoms with Gasteiger partial charge >= 0.3 is 0 Å². The number of nitrogens with zero attached hydrogens (tertiary/aromatic N) is 2. The molecule has 1 aromatic carbocycles. The Bertz CT molecular complexity index is 494. The van der Waals surface area contributed by atoms with Gasteiger partial charge < -0.3 is 10.6 Å². The van der Waals surface area contributed by atoms with Crippen LogP contribution in [0.25, 0.3) is 0 Å². The normalized spacial score (nSPS) is 10.3. The lowest BCUT2D eigenvalue weighted by atomic mass is 10.1. The smallest absolute Gasteiger partial charge is 0.255 e. The van der Waals surface area contributed by atoms with Crippen LogP contribution in [0.1, 0.15) is 30.6 Å². The minimum Gasteiger partial charge on any atom is -0.398 e. The van der Waals surface area contributed by atoms with Crippen molar-refractivity contribution >= 4 is 23.2 Å². The van der Waals surface area contributed by atoms with Crippen LogP contribution < -0.4 is 5.73 Å². The number of nitrogens with two attached hydrogens (primary N) is 1. The fourth-order valence-electron chi connectivity index (χ4n) is 1.80. The molecule has 0 saturated heterocycles. The number of halogens is 1. The van der Waals surface area contributed by atoms with Crippen molar-refractivity contribution in [2.75, 3.05) is 18.8 Å². The lowest BCUT2D eigenvalue weighted by molar-refractivity contribution is 0.0741. The number of hydrogen-bond acceptors (Lipinski definition) is 3. The first-order valence-electron chi connectivity index (χ1n) is 6.17. The van der Waals surface area contributed by atoms with E-state index in [-0.39, 0.29) is 5.91 Å². The molecule has 0 radical (unpaired) electrons. The summed E-state index contributed by atoms with van der Waals surface area (Å²) in [6.45, 7) is 5.06. The molecule has 0 heterocycles. The molecule has 4 nitrogen and oxygen atoms in total. The van der Waals surface area contributed by atoms with Crippen molar-refractivity contribution in [1.82, 2.24) is 4.90 Å². The molecule has 0 spiro atoms. The Morgan fingerprint density at radius 2 is 2.21 bits per heavy atom. The predicted molar refractivity (Wildman–Crippen MR) is 76.8 cm³/mol. The molecular formula is C14H18ClN3O. The monoisotopic (exact) mass is 279 g/mol. The summed E-state index contributed by atoms with van der Waals surface area (Å²) in [7, 11) is 0. The number of rotatable bonds is 5. The molecule has 0 aromatic heterocycles. The van der Waals surface area contributed by atoms with Crippen LogP contribution >= 0.6 is 11.6 Å². The number of nitrogen functional groups attached to an aromatic ring is 1. The highest BCUT2D eigenvalue weighted by Crippen LogP contribution is 2.20. The van der Waals surface area contributed by atoms with E-state index < -0.39 is 0 Å². The summed E-state index contributed by atoms with van der Waals surface area (Å²) in [5.41, 5.74) is 6.62. The number of carbonyl (C=O) groups is 1. The van der Waals surface area contributed by atoms with Gasteiger partial charge in [-0.15, -0.1) is 0 Å². The molecule has 5 heteroatoms. The van der Waals surface area contributed by atoms with Crippen LogP contribution in [0.5, 0.6) is 0 Å². The van der Waals surface area contributed by atoms with Gasteiger partial charge in [0, 0.05) is 23.8 Å². The van der Waals surface area contributed by atoms with Crippen LogP contribution in [-0.4, -0.2) is 23.9 Å². The molecule has 102 valence electrons. The van der Waals surface area contributed by atoms with Crippen LogP contribution in [0, 0.1) is 17.2 Å². The van der Waals surface area contributed by atoms with E-state index in [1.54, 1.807) is 23.1 Å². The minimum absolute atomic E-state index is 0.155. The Labute approximate surface area is 118 Å². The fourth-order valence-corrected chi connectivity index (χ4v) is 1.98. The van der Waals surface area contributed by atoms with Gasteiger partial charge in [0.05, 0.1) is 18.1 Å². The maximum atomic E-state index is 12.4. The molecule has 1 amide bonds. The molecule has 0 bridgehead atoms. The van der Waals surface area contributed by atoms with Gasteiger partial charge in [-0.2, -0.15) is 5.26 Å². The molecule has 0 saturated carbocycles. The van der Waals surface area contributed by atoms with Crippen molar-refractivity contribution in [2.45, 2.75) is 20.3 Å². The molecule has 1 aromatic rings. The van der Waals surface area contributed by atoms with E-state index >= 15 is 0 Å². The third kappa shape index (κ3) is 4.46. The standard InChI is InChI=1S/C14H18ClN3O/c1-10(2)9-18(7-3-6-16)14(19)12-5-4-11(15)8-13(12)17/h4-5,8,10H,3,7,9,17H2,1-2H3. The second-order valence-corrected chi connectivity index (χ2v) is 5.22. The molecule has 0 unspecified atom stereocenters. The highest BCUT2D eigenvalue weighted by molar-refractivity contribution is 6.31. The van der Waals surface area contributed by atoms with Crippen molar-refractivity contribution in [3.05, 3.63) is 28.8 Å². The van der Waals surface area contributed by atoms with Gasteiger partial charge in [0.15, 0.2) is 0 Å². The van der Waals surface area contributed by atoms with Crippen LogP contribution in [0.15, 0.2) is 18.2 Å². The first-order valence-corrected chi connectivity index (χ1v) is 6.54. The summed E-state index contributed by atoms with van der Waals surface area (Å²) in [5.74, 6) is 0.175. The molecule has 0 aliphatic carbocycles. The van der Waals surface area contributed by atoms with Gasteiger partial charge in [-0.25, -0.2) is 0 Å². The Morgan fingerprint density at radius 1 is 1.53 bits per heavy atom. The summed E-state index contributed by atoms with van der Waals surface area (Å²) in [6.07, 6.45) is 0.311. The minimum atomic E-state index is -0.155. The number of benzene rings is 1. The molecule has 0 atom stereocenters. The Kier molecular flexibility index (Phi) is 5.65. The van der Waals surface area contributed by atoms with Crippen molar-refractivity contribution in [2.24, 2.45) is 5.92 Å². The van der Waals surface area contributed by atoms with Gasteiger partial charge in [-0.1, -0.05) is 25.4 Å².